The van der Waals surface area contributed by atoms with E-state index in [0.29, 0.717) is 17.9 Å². The molecule has 0 fully saturated rings. The standard InChI is InChI=1S/C14H12N4O2/c15-6-9-2-1-3-10(4-9)7-17-13-12(16)5-11(8-18-13)14(19)20/h1-5,8H,7,16H2,(H,17,18)(H,19,20). The molecular weight excluding hydrogens is 256 g/mol. The number of carbonyl (C=O) groups is 1. The van der Waals surface area contributed by atoms with Gasteiger partial charge < -0.3 is 16.2 Å². The molecule has 2 rings (SSSR count). The summed E-state index contributed by atoms with van der Waals surface area (Å²) in [4.78, 5) is 14.7. The second kappa shape index (κ2) is 5.71. The first kappa shape index (κ1) is 13.4. The number of rotatable bonds is 4. The van der Waals surface area contributed by atoms with Crippen LogP contribution in [0.5, 0.6) is 0 Å². The second-order valence-electron chi connectivity index (χ2n) is 4.13. The number of nitriles is 1. The number of aromatic nitrogens is 1. The molecule has 20 heavy (non-hydrogen) atoms. The van der Waals surface area contributed by atoms with Gasteiger partial charge in [0, 0.05) is 12.7 Å². The summed E-state index contributed by atoms with van der Waals surface area (Å²) in [5.41, 5.74) is 7.53. The van der Waals surface area contributed by atoms with Gasteiger partial charge in [0.05, 0.1) is 22.9 Å². The maximum atomic E-state index is 10.8. The van der Waals surface area contributed by atoms with Crippen molar-refractivity contribution in [2.45, 2.75) is 6.54 Å². The quantitative estimate of drug-likeness (QED) is 0.780. The van der Waals surface area contributed by atoms with Crippen LogP contribution in [0.25, 0.3) is 0 Å². The molecule has 2 aromatic rings. The molecular formula is C14H12N4O2. The number of nitrogens with zero attached hydrogens (tertiary/aromatic N) is 2. The molecule has 0 spiro atoms. The lowest BCUT2D eigenvalue weighted by atomic mass is 10.1. The van der Waals surface area contributed by atoms with Crippen molar-refractivity contribution in [1.29, 1.82) is 5.26 Å². The first-order chi connectivity index (χ1) is 9.60. The largest absolute Gasteiger partial charge is 0.478 e. The molecule has 6 heteroatoms. The van der Waals surface area contributed by atoms with Crippen molar-refractivity contribution in [3.63, 3.8) is 0 Å². The topological polar surface area (TPSA) is 112 Å². The number of aromatic carboxylic acids is 1. The van der Waals surface area contributed by atoms with E-state index in [0.717, 1.165) is 5.56 Å². The van der Waals surface area contributed by atoms with Gasteiger partial charge in [0.1, 0.15) is 5.82 Å². The van der Waals surface area contributed by atoms with E-state index in [1.165, 1.54) is 12.3 Å². The Hall–Kier alpha value is -3.07. The molecule has 0 aliphatic rings. The van der Waals surface area contributed by atoms with Crippen molar-refractivity contribution < 1.29 is 9.90 Å². The maximum Gasteiger partial charge on any atom is 0.337 e. The Morgan fingerprint density at radius 1 is 1.45 bits per heavy atom. The molecule has 0 aliphatic carbocycles. The van der Waals surface area contributed by atoms with Crippen LogP contribution in [0.1, 0.15) is 21.5 Å². The van der Waals surface area contributed by atoms with Gasteiger partial charge in [-0.15, -0.1) is 0 Å². The summed E-state index contributed by atoms with van der Waals surface area (Å²) in [6, 6.07) is 10.6. The van der Waals surface area contributed by atoms with E-state index in [1.54, 1.807) is 18.2 Å². The Labute approximate surface area is 115 Å². The highest BCUT2D eigenvalue weighted by atomic mass is 16.4. The van der Waals surface area contributed by atoms with Crippen LogP contribution in [-0.2, 0) is 6.54 Å². The Morgan fingerprint density at radius 3 is 2.90 bits per heavy atom. The van der Waals surface area contributed by atoms with E-state index in [9.17, 15) is 4.79 Å². The number of anilines is 2. The summed E-state index contributed by atoms with van der Waals surface area (Å²) in [5.74, 6) is -0.658. The van der Waals surface area contributed by atoms with Crippen molar-refractivity contribution >= 4 is 17.5 Å². The van der Waals surface area contributed by atoms with Gasteiger partial charge >= 0.3 is 5.97 Å². The lowest BCUT2D eigenvalue weighted by molar-refractivity contribution is 0.0696. The molecule has 0 saturated carbocycles. The molecule has 0 saturated heterocycles. The molecule has 0 bridgehead atoms. The minimum Gasteiger partial charge on any atom is -0.478 e. The van der Waals surface area contributed by atoms with Gasteiger partial charge in [-0.25, -0.2) is 9.78 Å². The van der Waals surface area contributed by atoms with E-state index in [2.05, 4.69) is 16.4 Å². The van der Waals surface area contributed by atoms with Gasteiger partial charge in [0.15, 0.2) is 0 Å². The van der Waals surface area contributed by atoms with E-state index in [4.69, 9.17) is 16.1 Å². The molecule has 100 valence electrons. The van der Waals surface area contributed by atoms with Crippen LogP contribution in [0.3, 0.4) is 0 Å². The fourth-order valence-corrected chi connectivity index (χ4v) is 1.68. The Balaban J connectivity index is 2.11. The minimum atomic E-state index is -1.07. The first-order valence-electron chi connectivity index (χ1n) is 5.82. The highest BCUT2D eigenvalue weighted by Crippen LogP contribution is 2.17. The SMILES string of the molecule is N#Cc1cccc(CNc2ncc(C(=O)O)cc2N)c1. The number of nitrogen functional groups attached to an aromatic ring is 1. The average molecular weight is 268 g/mol. The van der Waals surface area contributed by atoms with Gasteiger partial charge in [-0.2, -0.15) is 5.26 Å². The van der Waals surface area contributed by atoms with Crippen LogP contribution >= 0.6 is 0 Å². The van der Waals surface area contributed by atoms with Crippen molar-refractivity contribution in [3.05, 3.63) is 53.2 Å². The smallest absolute Gasteiger partial charge is 0.337 e. The van der Waals surface area contributed by atoms with E-state index >= 15 is 0 Å². The number of carboxylic acid groups (broad SMARTS) is 1. The number of hydrogen-bond donors (Lipinski definition) is 3. The number of benzene rings is 1. The van der Waals surface area contributed by atoms with Crippen molar-refractivity contribution in [2.24, 2.45) is 0 Å². The third kappa shape index (κ3) is 3.03. The zero-order valence-corrected chi connectivity index (χ0v) is 10.5. The second-order valence-corrected chi connectivity index (χ2v) is 4.13. The summed E-state index contributed by atoms with van der Waals surface area (Å²) < 4.78 is 0. The van der Waals surface area contributed by atoms with Crippen LogP contribution in [0.4, 0.5) is 11.5 Å². The van der Waals surface area contributed by atoms with E-state index in [-0.39, 0.29) is 11.3 Å². The Kier molecular flexibility index (Phi) is 3.82. The summed E-state index contributed by atoms with van der Waals surface area (Å²) in [5, 5.41) is 20.6. The highest BCUT2D eigenvalue weighted by Gasteiger charge is 2.07. The highest BCUT2D eigenvalue weighted by molar-refractivity contribution is 5.89. The molecule has 0 amide bonds. The van der Waals surface area contributed by atoms with Crippen LogP contribution in [0.15, 0.2) is 36.5 Å². The van der Waals surface area contributed by atoms with Crippen molar-refractivity contribution in [1.82, 2.24) is 4.98 Å². The maximum absolute atomic E-state index is 10.8. The predicted octanol–water partition coefficient (Wildman–Crippen LogP) is 1.85. The Morgan fingerprint density at radius 2 is 2.25 bits per heavy atom. The van der Waals surface area contributed by atoms with Crippen LogP contribution in [-0.4, -0.2) is 16.1 Å². The normalized spacial score (nSPS) is 9.75. The predicted molar refractivity (Wildman–Crippen MR) is 74.1 cm³/mol. The zero-order valence-electron chi connectivity index (χ0n) is 10.5. The first-order valence-corrected chi connectivity index (χ1v) is 5.82. The lowest BCUT2D eigenvalue weighted by Crippen LogP contribution is -2.07. The van der Waals surface area contributed by atoms with Crippen LogP contribution in [0, 0.1) is 11.3 Å². The third-order valence-corrected chi connectivity index (χ3v) is 2.68. The number of nitrogens with two attached hydrogens (primary N) is 1. The number of carboxylic acids is 1. The molecule has 6 nitrogen and oxygen atoms in total. The molecule has 0 atom stereocenters. The van der Waals surface area contributed by atoms with Crippen molar-refractivity contribution in [2.75, 3.05) is 11.1 Å². The molecule has 0 unspecified atom stereocenters. The van der Waals surface area contributed by atoms with Gasteiger partial charge in [-0.05, 0) is 23.8 Å². The van der Waals surface area contributed by atoms with Gasteiger partial charge in [-0.3, -0.25) is 0 Å². The van der Waals surface area contributed by atoms with Crippen LogP contribution in [0.2, 0.25) is 0 Å². The molecule has 0 radical (unpaired) electrons. The zero-order chi connectivity index (χ0) is 14.5. The Bertz CT molecular complexity index is 692. The summed E-state index contributed by atoms with van der Waals surface area (Å²) in [7, 11) is 0. The van der Waals surface area contributed by atoms with Gasteiger partial charge in [0.2, 0.25) is 0 Å². The molecule has 1 heterocycles. The van der Waals surface area contributed by atoms with Crippen LogP contribution < -0.4 is 11.1 Å². The summed E-state index contributed by atoms with van der Waals surface area (Å²) >= 11 is 0. The molecule has 0 aliphatic heterocycles. The van der Waals surface area contributed by atoms with Gasteiger partial charge in [0.25, 0.3) is 0 Å². The number of pyridine rings is 1. The average Bonchev–Trinajstić information content (AvgIpc) is 2.46. The minimum absolute atomic E-state index is 0.0412. The van der Waals surface area contributed by atoms with E-state index < -0.39 is 5.97 Å². The molecule has 1 aromatic carbocycles. The monoisotopic (exact) mass is 268 g/mol. The summed E-state index contributed by atoms with van der Waals surface area (Å²) in [6.45, 7) is 0.444. The molecule has 1 aromatic heterocycles. The number of hydrogen-bond acceptors (Lipinski definition) is 5. The fourth-order valence-electron chi connectivity index (χ4n) is 1.68. The van der Waals surface area contributed by atoms with Crippen molar-refractivity contribution in [3.8, 4) is 6.07 Å². The summed E-state index contributed by atoms with van der Waals surface area (Å²) in [6.07, 6.45) is 1.24. The lowest BCUT2D eigenvalue weighted by Gasteiger charge is -2.09. The van der Waals surface area contributed by atoms with Gasteiger partial charge in [-0.1, -0.05) is 12.1 Å². The fraction of sp³-hybridized carbons (Fsp3) is 0.0714. The number of nitrogens with one attached hydrogen (secondary N) is 1. The molecule has 4 N–H and O–H groups in total. The third-order valence-electron chi connectivity index (χ3n) is 2.68. The van der Waals surface area contributed by atoms with E-state index in [1.807, 2.05) is 6.07 Å².